The Kier molecular flexibility index (Phi) is 4.89. The second-order valence-electron chi connectivity index (χ2n) is 9.32. The van der Waals surface area contributed by atoms with Crippen LogP contribution in [0.15, 0.2) is 146 Å². The molecule has 0 heterocycles. The van der Waals surface area contributed by atoms with E-state index < -0.39 is 0 Å². The topological polar surface area (TPSA) is 0 Å². The van der Waals surface area contributed by atoms with Crippen LogP contribution in [0.25, 0.3) is 65.7 Å². The summed E-state index contributed by atoms with van der Waals surface area (Å²) >= 11 is 0. The Morgan fingerprint density at radius 1 is 0.278 bits per heavy atom. The Hall–Kier alpha value is -4.68. The van der Waals surface area contributed by atoms with Crippen molar-refractivity contribution in [3.63, 3.8) is 0 Å². The van der Waals surface area contributed by atoms with Crippen LogP contribution in [0.5, 0.6) is 0 Å². The van der Waals surface area contributed by atoms with Gasteiger partial charge in [0.05, 0.1) is 0 Å². The number of hydrogen-bond donors (Lipinski definition) is 0. The van der Waals surface area contributed by atoms with Gasteiger partial charge in [-0.25, -0.2) is 0 Å². The van der Waals surface area contributed by atoms with Gasteiger partial charge in [0, 0.05) is 0 Å². The highest BCUT2D eigenvalue weighted by atomic mass is 14.2. The van der Waals surface area contributed by atoms with Crippen molar-refractivity contribution in [1.29, 1.82) is 0 Å². The summed E-state index contributed by atoms with van der Waals surface area (Å²) in [6.45, 7) is 0. The minimum absolute atomic E-state index is 1.23. The SMILES string of the molecule is c1ccc(-c2cccc(-c3c4ccccc4c(-c4ccccc4)c4c3ccc3ccccc34)c2)cc1. The summed E-state index contributed by atoms with van der Waals surface area (Å²) in [5.74, 6) is 0. The maximum absolute atomic E-state index is 2.34. The molecule has 0 radical (unpaired) electrons. The molecule has 0 aromatic heterocycles. The lowest BCUT2D eigenvalue weighted by molar-refractivity contribution is 1.61. The van der Waals surface area contributed by atoms with Crippen molar-refractivity contribution in [1.82, 2.24) is 0 Å². The zero-order valence-corrected chi connectivity index (χ0v) is 19.9. The van der Waals surface area contributed by atoms with Crippen molar-refractivity contribution < 1.29 is 0 Å². The van der Waals surface area contributed by atoms with E-state index >= 15 is 0 Å². The second kappa shape index (κ2) is 8.52. The zero-order valence-electron chi connectivity index (χ0n) is 19.9. The van der Waals surface area contributed by atoms with Crippen LogP contribution in [-0.2, 0) is 0 Å². The molecule has 0 saturated carbocycles. The quantitative estimate of drug-likeness (QED) is 0.183. The summed E-state index contributed by atoms with van der Waals surface area (Å²) < 4.78 is 0. The van der Waals surface area contributed by atoms with E-state index in [9.17, 15) is 0 Å². The molecule has 0 fully saturated rings. The first-order chi connectivity index (χ1) is 17.9. The summed E-state index contributed by atoms with van der Waals surface area (Å²) in [5, 5.41) is 7.73. The van der Waals surface area contributed by atoms with Gasteiger partial charge in [0.15, 0.2) is 0 Å². The first-order valence-electron chi connectivity index (χ1n) is 12.5. The first kappa shape index (κ1) is 20.7. The normalized spacial score (nSPS) is 11.3. The molecule has 0 unspecified atom stereocenters. The molecule has 0 amide bonds. The van der Waals surface area contributed by atoms with Crippen LogP contribution in [0, 0.1) is 0 Å². The summed E-state index contributed by atoms with van der Waals surface area (Å²) in [6, 6.07) is 52.7. The van der Waals surface area contributed by atoms with Crippen molar-refractivity contribution in [3.8, 4) is 33.4 Å². The second-order valence-corrected chi connectivity index (χ2v) is 9.32. The van der Waals surface area contributed by atoms with Crippen molar-refractivity contribution in [2.45, 2.75) is 0 Å². The van der Waals surface area contributed by atoms with Crippen LogP contribution < -0.4 is 0 Å². The third-order valence-corrected chi connectivity index (χ3v) is 7.23. The molecule has 7 rings (SSSR count). The number of benzene rings is 7. The van der Waals surface area contributed by atoms with E-state index in [4.69, 9.17) is 0 Å². The van der Waals surface area contributed by atoms with E-state index in [1.807, 2.05) is 0 Å². The number of hydrogen-bond acceptors (Lipinski definition) is 0. The van der Waals surface area contributed by atoms with Gasteiger partial charge in [0.1, 0.15) is 0 Å². The minimum atomic E-state index is 1.23. The summed E-state index contributed by atoms with van der Waals surface area (Å²) in [7, 11) is 0. The molecular formula is C36H24. The molecule has 168 valence electrons. The molecule has 0 aliphatic carbocycles. The van der Waals surface area contributed by atoms with Gasteiger partial charge in [0.25, 0.3) is 0 Å². The van der Waals surface area contributed by atoms with Gasteiger partial charge < -0.3 is 0 Å². The third-order valence-electron chi connectivity index (χ3n) is 7.23. The number of rotatable bonds is 3. The minimum Gasteiger partial charge on any atom is -0.0622 e. The van der Waals surface area contributed by atoms with Crippen molar-refractivity contribution in [2.24, 2.45) is 0 Å². The summed E-state index contributed by atoms with van der Waals surface area (Å²) in [5.41, 5.74) is 7.56. The average molecular weight is 457 g/mol. The Morgan fingerprint density at radius 3 is 1.58 bits per heavy atom. The Balaban J connectivity index is 1.66. The molecule has 0 saturated heterocycles. The van der Waals surface area contributed by atoms with E-state index in [1.54, 1.807) is 0 Å². The van der Waals surface area contributed by atoms with Crippen LogP contribution in [0.1, 0.15) is 0 Å². The van der Waals surface area contributed by atoms with Gasteiger partial charge >= 0.3 is 0 Å². The largest absolute Gasteiger partial charge is 0.0622 e. The van der Waals surface area contributed by atoms with Crippen molar-refractivity contribution in [3.05, 3.63) is 146 Å². The molecule has 0 aliphatic heterocycles. The fourth-order valence-electron chi connectivity index (χ4n) is 5.65. The van der Waals surface area contributed by atoms with Crippen LogP contribution in [0.4, 0.5) is 0 Å². The summed E-state index contributed by atoms with van der Waals surface area (Å²) in [4.78, 5) is 0. The molecule has 0 aliphatic rings. The highest BCUT2D eigenvalue weighted by Crippen LogP contribution is 2.46. The fraction of sp³-hybridized carbons (Fsp3) is 0. The molecule has 0 nitrogen and oxygen atoms in total. The molecule has 7 aromatic carbocycles. The fourth-order valence-corrected chi connectivity index (χ4v) is 5.65. The van der Waals surface area contributed by atoms with E-state index in [-0.39, 0.29) is 0 Å². The predicted octanol–water partition coefficient (Wildman–Crippen LogP) is 10.1. The lowest BCUT2D eigenvalue weighted by Gasteiger charge is -2.19. The highest BCUT2D eigenvalue weighted by Gasteiger charge is 2.18. The monoisotopic (exact) mass is 456 g/mol. The Bertz CT molecular complexity index is 1860. The number of fused-ring (bicyclic) bond motifs is 4. The van der Waals surface area contributed by atoms with E-state index in [1.165, 1.54) is 65.7 Å². The smallest absolute Gasteiger partial charge is 0.00141 e. The van der Waals surface area contributed by atoms with Crippen molar-refractivity contribution in [2.75, 3.05) is 0 Å². The zero-order chi connectivity index (χ0) is 23.9. The van der Waals surface area contributed by atoms with Crippen LogP contribution in [0.3, 0.4) is 0 Å². The lowest BCUT2D eigenvalue weighted by atomic mass is 9.83. The molecular weight excluding hydrogens is 432 g/mol. The Labute approximate surface area is 211 Å². The predicted molar refractivity (Wildman–Crippen MR) is 155 cm³/mol. The maximum Gasteiger partial charge on any atom is -0.00141 e. The third kappa shape index (κ3) is 3.31. The van der Waals surface area contributed by atoms with Crippen LogP contribution >= 0.6 is 0 Å². The van der Waals surface area contributed by atoms with E-state index in [2.05, 4.69) is 146 Å². The van der Waals surface area contributed by atoms with Gasteiger partial charge in [-0.3, -0.25) is 0 Å². The molecule has 0 bridgehead atoms. The summed E-state index contributed by atoms with van der Waals surface area (Å²) in [6.07, 6.45) is 0. The first-order valence-corrected chi connectivity index (χ1v) is 12.5. The average Bonchev–Trinajstić information content (AvgIpc) is 2.96. The molecule has 0 atom stereocenters. The lowest BCUT2D eigenvalue weighted by Crippen LogP contribution is -1.92. The standard InChI is InChI=1S/C36H24/c1-3-12-25(13-4-1)28-17-11-18-29(24-28)34-31-20-9-10-21-32(31)35(27-15-5-2-6-16-27)36-30-19-8-7-14-26(30)22-23-33(34)36/h1-24H. The van der Waals surface area contributed by atoms with E-state index in [0.717, 1.165) is 0 Å². The van der Waals surface area contributed by atoms with Crippen LogP contribution in [-0.4, -0.2) is 0 Å². The van der Waals surface area contributed by atoms with E-state index in [0.29, 0.717) is 0 Å². The van der Waals surface area contributed by atoms with Gasteiger partial charge in [-0.05, 0) is 71.8 Å². The molecule has 0 spiro atoms. The molecule has 0 N–H and O–H groups in total. The highest BCUT2D eigenvalue weighted by molar-refractivity contribution is 6.27. The van der Waals surface area contributed by atoms with Gasteiger partial charge in [-0.15, -0.1) is 0 Å². The van der Waals surface area contributed by atoms with Gasteiger partial charge in [0.2, 0.25) is 0 Å². The molecule has 36 heavy (non-hydrogen) atoms. The maximum atomic E-state index is 2.34. The molecule has 0 heteroatoms. The van der Waals surface area contributed by atoms with Gasteiger partial charge in [-0.1, -0.05) is 140 Å². The Morgan fingerprint density at radius 2 is 0.833 bits per heavy atom. The van der Waals surface area contributed by atoms with Crippen LogP contribution in [0.2, 0.25) is 0 Å². The molecule has 7 aromatic rings. The van der Waals surface area contributed by atoms with Crippen molar-refractivity contribution >= 4 is 32.3 Å². The van der Waals surface area contributed by atoms with Gasteiger partial charge in [-0.2, -0.15) is 0 Å².